The van der Waals surface area contributed by atoms with E-state index < -0.39 is 8.07 Å². The van der Waals surface area contributed by atoms with Gasteiger partial charge < -0.3 is 0 Å². The Balaban J connectivity index is 2.27. The summed E-state index contributed by atoms with van der Waals surface area (Å²) < 4.78 is 0. The van der Waals surface area contributed by atoms with Crippen molar-refractivity contribution in [1.82, 2.24) is 0 Å². The minimum atomic E-state index is -1.40. The second-order valence-electron chi connectivity index (χ2n) is 6.18. The Kier molecular flexibility index (Phi) is 5.11. The van der Waals surface area contributed by atoms with Crippen molar-refractivity contribution in [3.8, 4) is 11.5 Å². The number of benzene rings is 2. The number of hydrogen-bond acceptors (Lipinski definition) is 2. The van der Waals surface area contributed by atoms with Gasteiger partial charge in [0.25, 0.3) is 0 Å². The summed E-state index contributed by atoms with van der Waals surface area (Å²) in [6, 6.07) is 18.6. The molecule has 2 rings (SSSR count). The normalized spacial score (nSPS) is 10.2. The van der Waals surface area contributed by atoms with Crippen LogP contribution in [0, 0.1) is 18.4 Å². The number of nitrogens with zero attached hydrogens (tertiary/aromatic N) is 2. The van der Waals surface area contributed by atoms with Gasteiger partial charge in [0.15, 0.2) is 0 Å². The van der Waals surface area contributed by atoms with Crippen molar-refractivity contribution in [2.75, 3.05) is 0 Å². The molecule has 22 heavy (non-hydrogen) atoms. The van der Waals surface area contributed by atoms with E-state index in [1.165, 1.54) is 5.56 Å². The molecule has 0 heterocycles. The molecule has 0 bridgehead atoms. The largest absolute Gasteiger partial charge is 0.188 e. The van der Waals surface area contributed by atoms with E-state index in [9.17, 15) is 0 Å². The SMILES string of the molecule is Cc1ccc(N=C=Nc2ccccc2C#C[Si](C)(C)C)cc1. The zero-order valence-corrected chi connectivity index (χ0v) is 14.5. The van der Waals surface area contributed by atoms with Crippen molar-refractivity contribution in [2.45, 2.75) is 26.6 Å². The van der Waals surface area contributed by atoms with E-state index in [1.807, 2.05) is 48.5 Å². The van der Waals surface area contributed by atoms with Gasteiger partial charge in [-0.15, -0.1) is 5.54 Å². The molecule has 0 aliphatic rings. The van der Waals surface area contributed by atoms with E-state index in [4.69, 9.17) is 0 Å². The molecule has 2 aromatic rings. The molecule has 110 valence electrons. The van der Waals surface area contributed by atoms with Crippen molar-refractivity contribution < 1.29 is 0 Å². The highest BCUT2D eigenvalue weighted by Crippen LogP contribution is 2.17. The summed E-state index contributed by atoms with van der Waals surface area (Å²) in [7, 11) is -1.40. The Morgan fingerprint density at radius 2 is 1.55 bits per heavy atom. The molecule has 0 aromatic heterocycles. The molecular formula is C19H20N2Si. The maximum Gasteiger partial charge on any atom is 0.129 e. The zero-order chi connectivity index (χ0) is 16.0. The summed E-state index contributed by atoms with van der Waals surface area (Å²) in [6.45, 7) is 8.73. The summed E-state index contributed by atoms with van der Waals surface area (Å²) in [5.74, 6) is 3.25. The second kappa shape index (κ2) is 7.04. The third-order valence-corrected chi connectivity index (χ3v) is 3.73. The first kappa shape index (κ1) is 16.0. The first-order valence-corrected chi connectivity index (χ1v) is 10.8. The lowest BCUT2D eigenvalue weighted by atomic mass is 10.2. The van der Waals surface area contributed by atoms with E-state index in [-0.39, 0.29) is 0 Å². The molecule has 2 nitrogen and oxygen atoms in total. The number of rotatable bonds is 2. The van der Waals surface area contributed by atoms with Crippen molar-refractivity contribution in [3.63, 3.8) is 0 Å². The van der Waals surface area contributed by atoms with Gasteiger partial charge in [0.1, 0.15) is 14.1 Å². The van der Waals surface area contributed by atoms with Gasteiger partial charge in [0.05, 0.1) is 16.9 Å². The first-order valence-electron chi connectivity index (χ1n) is 7.29. The number of para-hydroxylation sites is 1. The lowest BCUT2D eigenvalue weighted by Crippen LogP contribution is -2.16. The summed E-state index contributed by atoms with van der Waals surface area (Å²) in [6.07, 6.45) is 0. The monoisotopic (exact) mass is 304 g/mol. The number of aliphatic imine (C=N–C) groups is 2. The van der Waals surface area contributed by atoms with E-state index in [0.29, 0.717) is 0 Å². The van der Waals surface area contributed by atoms with E-state index in [0.717, 1.165) is 16.9 Å². The fourth-order valence-electron chi connectivity index (χ4n) is 1.69. The summed E-state index contributed by atoms with van der Waals surface area (Å²) >= 11 is 0. The molecule has 0 saturated carbocycles. The van der Waals surface area contributed by atoms with Crippen molar-refractivity contribution in [1.29, 1.82) is 0 Å². The molecule has 0 aliphatic carbocycles. The molecule has 0 N–H and O–H groups in total. The van der Waals surface area contributed by atoms with Gasteiger partial charge in [-0.25, -0.2) is 0 Å². The molecule has 3 heteroatoms. The van der Waals surface area contributed by atoms with Crippen LogP contribution in [0.2, 0.25) is 19.6 Å². The average Bonchev–Trinajstić information content (AvgIpc) is 2.47. The fraction of sp³-hybridized carbons (Fsp3) is 0.211. The minimum absolute atomic E-state index is 0.809. The van der Waals surface area contributed by atoms with E-state index in [1.54, 1.807) is 0 Å². The van der Waals surface area contributed by atoms with Gasteiger partial charge in [-0.2, -0.15) is 9.98 Å². The van der Waals surface area contributed by atoms with Crippen LogP contribution in [0.4, 0.5) is 11.4 Å². The summed E-state index contributed by atoms with van der Waals surface area (Å²) in [4.78, 5) is 8.56. The lowest BCUT2D eigenvalue weighted by molar-refractivity contribution is 1.43. The molecule has 0 atom stereocenters. The third kappa shape index (κ3) is 5.18. The molecular weight excluding hydrogens is 284 g/mol. The third-order valence-electron chi connectivity index (χ3n) is 2.86. The van der Waals surface area contributed by atoms with Gasteiger partial charge in [-0.1, -0.05) is 55.4 Å². The van der Waals surface area contributed by atoms with Crippen LogP contribution in [0.1, 0.15) is 11.1 Å². The summed E-state index contributed by atoms with van der Waals surface area (Å²) in [5.41, 5.74) is 7.16. The quantitative estimate of drug-likeness (QED) is 0.405. The van der Waals surface area contributed by atoms with Gasteiger partial charge >= 0.3 is 0 Å². The van der Waals surface area contributed by atoms with Gasteiger partial charge in [0.2, 0.25) is 0 Å². The highest BCUT2D eigenvalue weighted by Gasteiger charge is 2.07. The van der Waals surface area contributed by atoms with Gasteiger partial charge in [-0.05, 0) is 31.2 Å². The Labute approximate surface area is 133 Å². The standard InChI is InChI=1S/C19H20N2Si/c1-16-9-11-18(12-10-16)20-15-21-19-8-6-5-7-17(19)13-14-22(2,3)4/h5-12H,1-4H3. The van der Waals surface area contributed by atoms with Crippen LogP contribution in [0.15, 0.2) is 58.5 Å². The highest BCUT2D eigenvalue weighted by molar-refractivity contribution is 6.83. The van der Waals surface area contributed by atoms with E-state index >= 15 is 0 Å². The van der Waals surface area contributed by atoms with Crippen LogP contribution in [0.25, 0.3) is 0 Å². The van der Waals surface area contributed by atoms with Crippen molar-refractivity contribution in [2.24, 2.45) is 9.98 Å². The number of aryl methyl sites for hydroxylation is 1. The molecule has 0 aliphatic heterocycles. The minimum Gasteiger partial charge on any atom is -0.188 e. The first-order chi connectivity index (χ1) is 10.4. The molecule has 0 saturated heterocycles. The molecule has 0 unspecified atom stereocenters. The second-order valence-corrected chi connectivity index (χ2v) is 10.9. The Morgan fingerprint density at radius 3 is 2.23 bits per heavy atom. The average molecular weight is 304 g/mol. The highest BCUT2D eigenvalue weighted by atomic mass is 28.3. The van der Waals surface area contributed by atoms with Crippen molar-refractivity contribution in [3.05, 3.63) is 59.7 Å². The Hall–Kier alpha value is -2.40. The lowest BCUT2D eigenvalue weighted by Gasteiger charge is -2.03. The predicted octanol–water partition coefficient (Wildman–Crippen LogP) is 5.36. The van der Waals surface area contributed by atoms with Crippen LogP contribution in [-0.4, -0.2) is 14.1 Å². The van der Waals surface area contributed by atoms with Crippen LogP contribution in [0.5, 0.6) is 0 Å². The smallest absolute Gasteiger partial charge is 0.129 e. The molecule has 2 aromatic carbocycles. The van der Waals surface area contributed by atoms with Crippen LogP contribution < -0.4 is 0 Å². The maximum absolute atomic E-state index is 4.32. The van der Waals surface area contributed by atoms with Gasteiger partial charge in [0, 0.05) is 0 Å². The van der Waals surface area contributed by atoms with Crippen LogP contribution >= 0.6 is 0 Å². The molecule has 0 spiro atoms. The molecule has 0 amide bonds. The maximum atomic E-state index is 4.32. The van der Waals surface area contributed by atoms with Crippen LogP contribution in [0.3, 0.4) is 0 Å². The predicted molar refractivity (Wildman–Crippen MR) is 97.0 cm³/mol. The fourth-order valence-corrected chi connectivity index (χ4v) is 2.20. The Bertz CT molecular complexity index is 766. The van der Waals surface area contributed by atoms with Gasteiger partial charge in [-0.3, -0.25) is 0 Å². The van der Waals surface area contributed by atoms with E-state index in [2.05, 4.69) is 54.0 Å². The molecule has 0 radical (unpaired) electrons. The van der Waals surface area contributed by atoms with Crippen molar-refractivity contribution >= 4 is 25.5 Å². The van der Waals surface area contributed by atoms with Crippen LogP contribution in [-0.2, 0) is 0 Å². The zero-order valence-electron chi connectivity index (χ0n) is 13.5. The Morgan fingerprint density at radius 1 is 0.864 bits per heavy atom. The number of hydrogen-bond donors (Lipinski definition) is 0. The topological polar surface area (TPSA) is 24.7 Å². The molecule has 0 fully saturated rings. The summed E-state index contributed by atoms with van der Waals surface area (Å²) in [5, 5.41) is 0.